The van der Waals surface area contributed by atoms with Gasteiger partial charge in [-0.3, -0.25) is 0 Å². The van der Waals surface area contributed by atoms with Crippen molar-refractivity contribution in [3.8, 4) is 0 Å². The Labute approximate surface area is 171 Å². The number of aliphatic imine (C=N–C) groups is 1. The second-order valence-electron chi connectivity index (χ2n) is 5.43. The van der Waals surface area contributed by atoms with Gasteiger partial charge in [-0.1, -0.05) is 76.2 Å². The number of benzene rings is 3. The molecule has 0 atom stereocenters. The number of rotatable bonds is 6. The number of nitrogens with zero attached hydrogens (tertiary/aromatic N) is 1. The zero-order valence-corrected chi connectivity index (χ0v) is 17.3. The molecule has 3 rings (SSSR count). The maximum atomic E-state index is 4.79. The highest BCUT2D eigenvalue weighted by molar-refractivity contribution is 9.10. The van der Waals surface area contributed by atoms with Crippen molar-refractivity contribution in [1.29, 1.82) is 0 Å². The van der Waals surface area contributed by atoms with E-state index in [0.717, 1.165) is 21.0 Å². The molecule has 0 N–H and O–H groups in total. The van der Waals surface area contributed by atoms with Crippen molar-refractivity contribution in [2.45, 2.75) is 10.6 Å². The molecule has 0 fully saturated rings. The molecule has 0 bridgehead atoms. The highest BCUT2D eigenvalue weighted by Crippen LogP contribution is 2.24. The van der Waals surface area contributed by atoms with E-state index >= 15 is 0 Å². The Morgan fingerprint density at radius 2 is 1.50 bits per heavy atom. The van der Waals surface area contributed by atoms with Gasteiger partial charge in [-0.2, -0.15) is 0 Å². The topological polar surface area (TPSA) is 12.4 Å². The standard InChI is InChI=1S/C22H18BrNS2/c23-19-11-13-21(14-12-19)25-16-15-22(24-20-9-5-2-6-10-20)26-17-18-7-3-1-4-8-18/h1-16H,17H2. The van der Waals surface area contributed by atoms with Gasteiger partial charge in [0, 0.05) is 15.1 Å². The van der Waals surface area contributed by atoms with E-state index in [-0.39, 0.29) is 0 Å². The minimum absolute atomic E-state index is 0.903. The van der Waals surface area contributed by atoms with Crippen LogP contribution in [-0.2, 0) is 5.75 Å². The summed E-state index contributed by atoms with van der Waals surface area (Å²) < 4.78 is 1.09. The van der Waals surface area contributed by atoms with Gasteiger partial charge in [-0.15, -0.1) is 11.8 Å². The van der Waals surface area contributed by atoms with Crippen LogP contribution in [0, 0.1) is 0 Å². The largest absolute Gasteiger partial charge is 0.242 e. The van der Waals surface area contributed by atoms with Crippen molar-refractivity contribution in [2.75, 3.05) is 0 Å². The van der Waals surface area contributed by atoms with E-state index in [1.807, 2.05) is 36.4 Å². The Morgan fingerprint density at radius 3 is 2.19 bits per heavy atom. The third-order valence-corrected chi connectivity index (χ3v) is 5.80. The van der Waals surface area contributed by atoms with Crippen molar-refractivity contribution < 1.29 is 0 Å². The van der Waals surface area contributed by atoms with Crippen LogP contribution in [0.1, 0.15) is 5.56 Å². The molecule has 0 unspecified atom stereocenters. The van der Waals surface area contributed by atoms with E-state index in [0.29, 0.717) is 0 Å². The maximum Gasteiger partial charge on any atom is 0.0975 e. The normalized spacial score (nSPS) is 11.8. The number of thioether (sulfide) groups is 2. The zero-order chi connectivity index (χ0) is 18.0. The summed E-state index contributed by atoms with van der Waals surface area (Å²) in [4.78, 5) is 6.00. The molecule has 130 valence electrons. The number of hydrogen-bond donors (Lipinski definition) is 0. The summed E-state index contributed by atoms with van der Waals surface area (Å²) in [5, 5.41) is 3.10. The van der Waals surface area contributed by atoms with Crippen molar-refractivity contribution >= 4 is 50.2 Å². The van der Waals surface area contributed by atoms with Crippen LogP contribution in [0.2, 0.25) is 0 Å². The molecule has 26 heavy (non-hydrogen) atoms. The first kappa shape index (κ1) is 19.0. The summed E-state index contributed by atoms with van der Waals surface area (Å²) in [6.45, 7) is 0. The fourth-order valence-electron chi connectivity index (χ4n) is 2.16. The average Bonchev–Trinajstić information content (AvgIpc) is 2.69. The zero-order valence-electron chi connectivity index (χ0n) is 14.1. The molecule has 0 aliphatic heterocycles. The van der Waals surface area contributed by atoms with Crippen molar-refractivity contribution in [1.82, 2.24) is 0 Å². The van der Waals surface area contributed by atoms with Gasteiger partial charge in [-0.05, 0) is 53.4 Å². The molecule has 4 heteroatoms. The fraction of sp³-hybridized carbons (Fsp3) is 0.0455. The quantitative estimate of drug-likeness (QED) is 0.221. The average molecular weight is 440 g/mol. The summed E-state index contributed by atoms with van der Waals surface area (Å²) in [7, 11) is 0. The van der Waals surface area contributed by atoms with Crippen LogP contribution in [0.5, 0.6) is 0 Å². The highest BCUT2D eigenvalue weighted by Gasteiger charge is 2.00. The lowest BCUT2D eigenvalue weighted by atomic mass is 10.2. The lowest BCUT2D eigenvalue weighted by Crippen LogP contribution is -1.88. The minimum atomic E-state index is 0.903. The molecule has 0 amide bonds. The van der Waals surface area contributed by atoms with Gasteiger partial charge in [-0.25, -0.2) is 4.99 Å². The molecule has 3 aromatic rings. The molecule has 0 heterocycles. The van der Waals surface area contributed by atoms with E-state index in [2.05, 4.69) is 75.9 Å². The Hall–Kier alpha value is -1.75. The van der Waals surface area contributed by atoms with Gasteiger partial charge in [0.15, 0.2) is 0 Å². The van der Waals surface area contributed by atoms with Gasteiger partial charge < -0.3 is 0 Å². The first-order valence-electron chi connectivity index (χ1n) is 8.19. The molecule has 0 saturated heterocycles. The minimum Gasteiger partial charge on any atom is -0.242 e. The molecule has 0 aromatic heterocycles. The summed E-state index contributed by atoms with van der Waals surface area (Å²) in [6, 6.07) is 28.9. The lowest BCUT2D eigenvalue weighted by Gasteiger charge is -2.03. The van der Waals surface area contributed by atoms with Crippen LogP contribution < -0.4 is 0 Å². The molecule has 0 aliphatic rings. The van der Waals surface area contributed by atoms with Crippen LogP contribution in [0.4, 0.5) is 5.69 Å². The molecule has 3 aromatic carbocycles. The summed E-state index contributed by atoms with van der Waals surface area (Å²) in [5.74, 6) is 0.903. The highest BCUT2D eigenvalue weighted by atomic mass is 79.9. The van der Waals surface area contributed by atoms with Crippen LogP contribution in [0.15, 0.2) is 111 Å². The summed E-state index contributed by atoms with van der Waals surface area (Å²) in [5.41, 5.74) is 2.27. The molecular weight excluding hydrogens is 422 g/mol. The van der Waals surface area contributed by atoms with Crippen molar-refractivity contribution in [2.24, 2.45) is 4.99 Å². The number of hydrogen-bond acceptors (Lipinski definition) is 3. The van der Waals surface area contributed by atoms with Gasteiger partial charge in [0.05, 0.1) is 10.7 Å². The maximum absolute atomic E-state index is 4.79. The summed E-state index contributed by atoms with van der Waals surface area (Å²) >= 11 is 6.91. The van der Waals surface area contributed by atoms with Gasteiger partial charge >= 0.3 is 0 Å². The third kappa shape index (κ3) is 6.52. The lowest BCUT2D eigenvalue weighted by molar-refractivity contribution is 1.42. The first-order chi connectivity index (χ1) is 12.8. The molecule has 0 spiro atoms. The smallest absolute Gasteiger partial charge is 0.0975 e. The van der Waals surface area contributed by atoms with Crippen LogP contribution >= 0.6 is 39.5 Å². The molecule has 0 aliphatic carbocycles. The van der Waals surface area contributed by atoms with Gasteiger partial charge in [0.25, 0.3) is 0 Å². The van der Waals surface area contributed by atoms with Crippen molar-refractivity contribution in [3.05, 3.63) is 106 Å². The van der Waals surface area contributed by atoms with Gasteiger partial charge in [0.1, 0.15) is 0 Å². The van der Waals surface area contributed by atoms with Crippen molar-refractivity contribution in [3.63, 3.8) is 0 Å². The van der Waals surface area contributed by atoms with Crippen LogP contribution in [0.3, 0.4) is 0 Å². The predicted octanol–water partition coefficient (Wildman–Crippen LogP) is 7.72. The van der Waals surface area contributed by atoms with Gasteiger partial charge in [0.2, 0.25) is 0 Å². The van der Waals surface area contributed by atoms with E-state index in [4.69, 9.17) is 4.99 Å². The van der Waals surface area contributed by atoms with E-state index in [1.54, 1.807) is 23.5 Å². The molecule has 0 saturated carbocycles. The monoisotopic (exact) mass is 439 g/mol. The summed E-state index contributed by atoms with van der Waals surface area (Å²) in [6.07, 6.45) is 2.09. The molecule has 0 radical (unpaired) electrons. The molecular formula is C22H18BrNS2. The Morgan fingerprint density at radius 1 is 0.846 bits per heavy atom. The molecule has 1 nitrogen and oxygen atoms in total. The van der Waals surface area contributed by atoms with E-state index < -0.39 is 0 Å². The van der Waals surface area contributed by atoms with E-state index in [9.17, 15) is 0 Å². The Kier molecular flexibility index (Phi) is 7.62. The predicted molar refractivity (Wildman–Crippen MR) is 120 cm³/mol. The number of halogens is 1. The number of para-hydroxylation sites is 1. The second kappa shape index (κ2) is 10.4. The first-order valence-corrected chi connectivity index (χ1v) is 10.8. The Bertz CT molecular complexity index is 860. The Balaban J connectivity index is 1.70. The third-order valence-electron chi connectivity index (χ3n) is 3.45. The van der Waals surface area contributed by atoms with E-state index in [1.165, 1.54) is 10.5 Å². The van der Waals surface area contributed by atoms with Crippen LogP contribution in [-0.4, -0.2) is 5.04 Å². The fourth-order valence-corrected chi connectivity index (χ4v) is 4.00. The second-order valence-corrected chi connectivity index (χ2v) is 8.32. The SMILES string of the molecule is Brc1ccc(SC=CC(=Nc2ccccc2)SCc2ccccc2)cc1. The van der Waals surface area contributed by atoms with Crippen LogP contribution in [0.25, 0.3) is 0 Å².